The van der Waals surface area contributed by atoms with Crippen LogP contribution in [0.4, 0.5) is 0 Å². The van der Waals surface area contributed by atoms with Crippen molar-refractivity contribution in [1.29, 1.82) is 0 Å². The minimum Gasteiger partial charge on any atom is -0.493 e. The lowest BCUT2D eigenvalue weighted by atomic mass is 10.1. The molecule has 3 heterocycles. The Kier molecular flexibility index (Phi) is 7.95. The minimum absolute atomic E-state index is 0.172. The van der Waals surface area contributed by atoms with E-state index >= 15 is 0 Å². The van der Waals surface area contributed by atoms with Crippen molar-refractivity contribution in [3.8, 4) is 17.1 Å². The molecule has 1 saturated carbocycles. The van der Waals surface area contributed by atoms with E-state index in [1.165, 1.54) is 12.8 Å². The Morgan fingerprint density at radius 1 is 1.19 bits per heavy atom. The molecule has 1 saturated heterocycles. The number of β-amino-alcohol motifs (C(OH)–C–C–N with tert-alkyl or cyclic N) is 1. The number of piperazine rings is 1. The number of aromatic amines is 1. The van der Waals surface area contributed by atoms with Crippen LogP contribution in [0.2, 0.25) is 0 Å². The number of ether oxygens (including phenoxy) is 1. The third kappa shape index (κ3) is 5.32. The Bertz CT molecular complexity index is 1240. The number of benzene rings is 1. The summed E-state index contributed by atoms with van der Waals surface area (Å²) in [5.41, 5.74) is 1.87. The van der Waals surface area contributed by atoms with Crippen molar-refractivity contribution in [1.82, 2.24) is 28.8 Å². The Hall–Kier alpha value is -2.40. The number of aromatic nitrogens is 4. The lowest BCUT2D eigenvalue weighted by molar-refractivity contribution is 0.156. The Morgan fingerprint density at radius 2 is 1.97 bits per heavy atom. The number of H-pyrrole nitrogens is 1. The molecule has 0 amide bonds. The highest BCUT2D eigenvalue weighted by atomic mass is 32.2. The van der Waals surface area contributed by atoms with Crippen LogP contribution in [0.3, 0.4) is 0 Å². The lowest BCUT2D eigenvalue weighted by Crippen LogP contribution is -2.44. The first kappa shape index (κ1) is 25.3. The number of aliphatic hydroxyl groups excluding tert-OH is 1. The average molecular weight is 513 g/mol. The van der Waals surface area contributed by atoms with Crippen molar-refractivity contribution < 1.29 is 9.84 Å². The van der Waals surface area contributed by atoms with Crippen LogP contribution in [-0.2, 0) is 0 Å². The van der Waals surface area contributed by atoms with Gasteiger partial charge in [-0.1, -0.05) is 19.8 Å². The molecular formula is C26H36N6O3S. The summed E-state index contributed by atoms with van der Waals surface area (Å²) in [4.78, 5) is 24.3. The Labute approximate surface area is 216 Å². The predicted octanol–water partition coefficient (Wildman–Crippen LogP) is 3.46. The van der Waals surface area contributed by atoms with Crippen molar-refractivity contribution >= 4 is 17.5 Å². The number of nitrogens with zero attached hydrogens (tertiary/aromatic N) is 5. The highest BCUT2D eigenvalue weighted by Crippen LogP contribution is 2.36. The molecule has 10 heteroatoms. The van der Waals surface area contributed by atoms with Crippen LogP contribution in [0.1, 0.15) is 56.5 Å². The van der Waals surface area contributed by atoms with Gasteiger partial charge in [0, 0.05) is 43.5 Å². The van der Waals surface area contributed by atoms with Crippen LogP contribution in [-0.4, -0.2) is 79.8 Å². The zero-order chi connectivity index (χ0) is 25.1. The molecule has 2 aromatic heterocycles. The molecule has 36 heavy (non-hydrogen) atoms. The fourth-order valence-corrected chi connectivity index (χ4v) is 6.13. The number of hydrogen-bond donors (Lipinski definition) is 2. The van der Waals surface area contributed by atoms with Gasteiger partial charge in [0.25, 0.3) is 5.56 Å². The van der Waals surface area contributed by atoms with E-state index in [2.05, 4.69) is 33.2 Å². The van der Waals surface area contributed by atoms with Crippen LogP contribution >= 0.6 is 11.9 Å². The summed E-state index contributed by atoms with van der Waals surface area (Å²) in [5, 5.41) is 14.1. The van der Waals surface area contributed by atoms with E-state index < -0.39 is 0 Å². The van der Waals surface area contributed by atoms with Crippen LogP contribution in [0.15, 0.2) is 27.9 Å². The van der Waals surface area contributed by atoms with E-state index in [4.69, 9.17) is 14.8 Å². The van der Waals surface area contributed by atoms with Gasteiger partial charge >= 0.3 is 0 Å². The SMILES string of the molecule is CCCOc1ccc(SN2CCN(CCO)CC2)cc1-c1nn2c(C3CCCC3)nc(C)c2c(=O)[nH]1. The standard InChI is InChI=1S/C26H36N6O3S/c1-3-16-35-22-9-8-20(36-31-12-10-30(11-13-31)14-15-33)17-21(22)24-28-26(34)23-18(2)27-25(32(23)29-24)19-6-4-5-7-19/h8-9,17,19,33H,3-7,10-16H2,1-2H3,(H,28,29,34). The van der Waals surface area contributed by atoms with Crippen molar-refractivity contribution in [3.05, 3.63) is 40.1 Å². The molecule has 1 aromatic carbocycles. The number of aryl methyl sites for hydroxylation is 1. The second kappa shape index (κ2) is 11.3. The largest absolute Gasteiger partial charge is 0.493 e. The van der Waals surface area contributed by atoms with E-state index in [0.29, 0.717) is 23.9 Å². The molecule has 2 N–H and O–H groups in total. The number of hydrogen-bond acceptors (Lipinski definition) is 8. The Balaban J connectivity index is 1.49. The summed E-state index contributed by atoms with van der Waals surface area (Å²) in [6.07, 6.45) is 5.45. The first-order valence-corrected chi connectivity index (χ1v) is 13.9. The van der Waals surface area contributed by atoms with Gasteiger partial charge in [0.2, 0.25) is 0 Å². The molecule has 0 unspecified atom stereocenters. The summed E-state index contributed by atoms with van der Waals surface area (Å²) in [7, 11) is 0. The molecule has 0 atom stereocenters. The molecule has 1 aliphatic carbocycles. The topological polar surface area (TPSA) is 99.0 Å². The monoisotopic (exact) mass is 512 g/mol. The third-order valence-corrected chi connectivity index (χ3v) is 8.16. The maximum Gasteiger partial charge on any atom is 0.277 e. The normalized spacial score (nSPS) is 17.9. The Morgan fingerprint density at radius 3 is 2.69 bits per heavy atom. The van der Waals surface area contributed by atoms with Gasteiger partial charge in [0.1, 0.15) is 11.6 Å². The molecule has 0 radical (unpaired) electrons. The van der Waals surface area contributed by atoms with Gasteiger partial charge in [0.05, 0.1) is 24.5 Å². The fraction of sp³-hybridized carbons (Fsp3) is 0.577. The predicted molar refractivity (Wildman–Crippen MR) is 142 cm³/mol. The van der Waals surface area contributed by atoms with Crippen molar-refractivity contribution in [2.24, 2.45) is 0 Å². The molecule has 194 valence electrons. The highest BCUT2D eigenvalue weighted by molar-refractivity contribution is 7.97. The van der Waals surface area contributed by atoms with Gasteiger partial charge in [0.15, 0.2) is 11.3 Å². The third-order valence-electron chi connectivity index (χ3n) is 7.07. The zero-order valence-electron chi connectivity index (χ0n) is 21.2. The van der Waals surface area contributed by atoms with E-state index in [1.807, 2.05) is 13.0 Å². The molecular weight excluding hydrogens is 476 g/mol. The van der Waals surface area contributed by atoms with Crippen molar-refractivity contribution in [2.75, 3.05) is 45.9 Å². The van der Waals surface area contributed by atoms with Gasteiger partial charge in [-0.25, -0.2) is 13.8 Å². The highest BCUT2D eigenvalue weighted by Gasteiger charge is 2.25. The number of rotatable bonds is 9. The van der Waals surface area contributed by atoms with Crippen molar-refractivity contribution in [3.63, 3.8) is 0 Å². The first-order chi connectivity index (χ1) is 17.6. The first-order valence-electron chi connectivity index (χ1n) is 13.1. The van der Waals surface area contributed by atoms with E-state index in [0.717, 1.165) is 79.7 Å². The van der Waals surface area contributed by atoms with E-state index in [9.17, 15) is 9.90 Å². The molecule has 9 nitrogen and oxygen atoms in total. The summed E-state index contributed by atoms with van der Waals surface area (Å²) >= 11 is 1.71. The number of aliphatic hydroxyl groups is 1. The fourth-order valence-electron chi connectivity index (χ4n) is 5.19. The van der Waals surface area contributed by atoms with Crippen LogP contribution < -0.4 is 10.3 Å². The summed E-state index contributed by atoms with van der Waals surface area (Å²) in [6, 6.07) is 6.12. The van der Waals surface area contributed by atoms with Gasteiger partial charge in [-0.15, -0.1) is 5.10 Å². The molecule has 0 spiro atoms. The van der Waals surface area contributed by atoms with Crippen LogP contribution in [0.5, 0.6) is 5.75 Å². The van der Waals surface area contributed by atoms with Crippen LogP contribution in [0, 0.1) is 6.92 Å². The quantitative estimate of drug-likeness (QED) is 0.421. The number of imidazole rings is 1. The lowest BCUT2D eigenvalue weighted by Gasteiger charge is -2.33. The average Bonchev–Trinajstić information content (AvgIpc) is 3.53. The summed E-state index contributed by atoms with van der Waals surface area (Å²) in [6.45, 7) is 9.21. The number of fused-ring (bicyclic) bond motifs is 1. The van der Waals surface area contributed by atoms with Crippen LogP contribution in [0.25, 0.3) is 16.9 Å². The van der Waals surface area contributed by atoms with Gasteiger partial charge in [-0.2, -0.15) is 0 Å². The smallest absolute Gasteiger partial charge is 0.277 e. The summed E-state index contributed by atoms with van der Waals surface area (Å²) < 4.78 is 10.2. The van der Waals surface area contributed by atoms with E-state index in [1.54, 1.807) is 16.5 Å². The van der Waals surface area contributed by atoms with E-state index in [-0.39, 0.29) is 12.2 Å². The van der Waals surface area contributed by atoms with Gasteiger partial charge < -0.3 is 14.8 Å². The number of nitrogens with one attached hydrogen (secondary N) is 1. The maximum atomic E-state index is 13.2. The zero-order valence-corrected chi connectivity index (χ0v) is 22.0. The minimum atomic E-state index is -0.172. The molecule has 0 bridgehead atoms. The molecule has 5 rings (SSSR count). The summed E-state index contributed by atoms with van der Waals surface area (Å²) in [5.74, 6) is 2.46. The van der Waals surface area contributed by atoms with Crippen molar-refractivity contribution in [2.45, 2.75) is 56.8 Å². The molecule has 3 aromatic rings. The second-order valence-corrected chi connectivity index (χ2v) is 10.9. The second-order valence-electron chi connectivity index (χ2n) is 9.69. The van der Waals surface area contributed by atoms with Gasteiger partial charge in [-0.3, -0.25) is 9.69 Å². The van der Waals surface area contributed by atoms with Gasteiger partial charge in [-0.05, 0) is 56.3 Å². The molecule has 2 fully saturated rings. The molecule has 1 aliphatic heterocycles. The molecule has 2 aliphatic rings. The maximum absolute atomic E-state index is 13.2.